The molecule has 0 aliphatic heterocycles. The van der Waals surface area contributed by atoms with Crippen LogP contribution in [0.1, 0.15) is 58.0 Å². The van der Waals surface area contributed by atoms with Gasteiger partial charge >= 0.3 is 0 Å². The van der Waals surface area contributed by atoms with E-state index in [2.05, 4.69) is 38.2 Å². The molecule has 1 aliphatic rings. The maximum atomic E-state index is 9.45. The zero-order valence-corrected chi connectivity index (χ0v) is 12.6. The van der Waals surface area contributed by atoms with E-state index in [1.165, 1.54) is 6.42 Å². The van der Waals surface area contributed by atoms with Gasteiger partial charge in [-0.15, -0.1) is 0 Å². The number of furan rings is 1. The summed E-state index contributed by atoms with van der Waals surface area (Å²) in [7, 11) is 0. The lowest BCUT2D eigenvalue weighted by molar-refractivity contribution is 0.128. The van der Waals surface area contributed by atoms with E-state index in [1.807, 2.05) is 6.92 Å². The van der Waals surface area contributed by atoms with Gasteiger partial charge in [-0.1, -0.05) is 20.8 Å². The fraction of sp³-hybridized carbons (Fsp3) is 0.750. The van der Waals surface area contributed by atoms with Gasteiger partial charge in [0.05, 0.1) is 12.6 Å². The van der Waals surface area contributed by atoms with Crippen LogP contribution in [0.5, 0.6) is 0 Å². The number of aliphatic hydroxyl groups is 1. The molecule has 3 atom stereocenters. The summed E-state index contributed by atoms with van der Waals surface area (Å²) < 4.78 is 5.86. The monoisotopic (exact) mass is 265 g/mol. The van der Waals surface area contributed by atoms with E-state index in [-0.39, 0.29) is 11.5 Å². The molecule has 2 N–H and O–H groups in total. The van der Waals surface area contributed by atoms with Crippen LogP contribution < -0.4 is 5.32 Å². The summed E-state index contributed by atoms with van der Waals surface area (Å²) in [4.78, 5) is 0. The Bertz CT molecular complexity index is 409. The van der Waals surface area contributed by atoms with E-state index in [0.717, 1.165) is 36.9 Å². The minimum atomic E-state index is -0.247. The highest BCUT2D eigenvalue weighted by molar-refractivity contribution is 5.17. The Morgan fingerprint density at radius 2 is 2.16 bits per heavy atom. The maximum absolute atomic E-state index is 9.45. The lowest BCUT2D eigenvalue weighted by Gasteiger charge is -2.26. The van der Waals surface area contributed by atoms with Crippen LogP contribution in [0.2, 0.25) is 0 Å². The number of rotatable bonds is 7. The van der Waals surface area contributed by atoms with Gasteiger partial charge in [-0.3, -0.25) is 0 Å². The quantitative estimate of drug-likeness (QED) is 0.795. The molecule has 3 heteroatoms. The Morgan fingerprint density at radius 3 is 2.74 bits per heavy atom. The Kier molecular flexibility index (Phi) is 4.36. The molecule has 0 spiro atoms. The van der Waals surface area contributed by atoms with Crippen molar-refractivity contribution in [1.82, 2.24) is 5.32 Å². The van der Waals surface area contributed by atoms with Crippen molar-refractivity contribution < 1.29 is 9.52 Å². The van der Waals surface area contributed by atoms with Gasteiger partial charge in [0, 0.05) is 12.5 Å². The Hall–Kier alpha value is -0.800. The molecule has 1 saturated carbocycles. The van der Waals surface area contributed by atoms with Gasteiger partial charge in [-0.2, -0.15) is 0 Å². The first-order valence-electron chi connectivity index (χ1n) is 7.35. The normalized spacial score (nSPS) is 24.5. The molecule has 1 fully saturated rings. The molecule has 19 heavy (non-hydrogen) atoms. The van der Waals surface area contributed by atoms with Crippen molar-refractivity contribution in [3.8, 4) is 0 Å². The number of hydrogen-bond acceptors (Lipinski definition) is 3. The van der Waals surface area contributed by atoms with E-state index in [1.54, 1.807) is 0 Å². The second kappa shape index (κ2) is 5.68. The zero-order chi connectivity index (χ0) is 14.0. The Balaban J connectivity index is 1.75. The molecule has 0 aromatic carbocycles. The van der Waals surface area contributed by atoms with Gasteiger partial charge < -0.3 is 14.8 Å². The molecule has 108 valence electrons. The maximum Gasteiger partial charge on any atom is 0.117 e. The predicted molar refractivity (Wildman–Crippen MR) is 77.0 cm³/mol. The van der Waals surface area contributed by atoms with Crippen LogP contribution in [-0.4, -0.2) is 17.8 Å². The van der Waals surface area contributed by atoms with Crippen LogP contribution in [0.15, 0.2) is 16.5 Å². The number of nitrogens with one attached hydrogen (secondary N) is 1. The van der Waals surface area contributed by atoms with Crippen molar-refractivity contribution in [2.24, 2.45) is 11.3 Å². The molecule has 0 saturated heterocycles. The zero-order valence-electron chi connectivity index (χ0n) is 12.6. The minimum Gasteiger partial charge on any atom is -0.464 e. The SMILES string of the molecule is CC(O)CC(C)(C)CNCc1ccc(C2CC2C)o1. The van der Waals surface area contributed by atoms with Crippen molar-refractivity contribution in [2.75, 3.05) is 6.54 Å². The average Bonchev–Trinajstić information content (AvgIpc) is 2.83. The molecular formula is C16H27NO2. The molecule has 0 amide bonds. The first-order valence-corrected chi connectivity index (χ1v) is 7.35. The van der Waals surface area contributed by atoms with E-state index >= 15 is 0 Å². The summed E-state index contributed by atoms with van der Waals surface area (Å²) in [6.45, 7) is 10.1. The molecule has 1 aliphatic carbocycles. The van der Waals surface area contributed by atoms with Crippen LogP contribution in [0, 0.1) is 11.3 Å². The molecule has 3 nitrogen and oxygen atoms in total. The van der Waals surface area contributed by atoms with Crippen LogP contribution in [0.25, 0.3) is 0 Å². The first kappa shape index (κ1) is 14.6. The van der Waals surface area contributed by atoms with Gasteiger partial charge in [-0.05, 0) is 43.2 Å². The molecule has 2 rings (SSSR count). The van der Waals surface area contributed by atoms with Crippen LogP contribution in [-0.2, 0) is 6.54 Å². The highest BCUT2D eigenvalue weighted by Gasteiger charge is 2.36. The number of hydrogen-bond donors (Lipinski definition) is 2. The minimum absolute atomic E-state index is 0.106. The van der Waals surface area contributed by atoms with Crippen LogP contribution in [0.3, 0.4) is 0 Å². The van der Waals surface area contributed by atoms with Gasteiger partial charge in [0.15, 0.2) is 0 Å². The molecule has 1 aromatic rings. The summed E-state index contributed by atoms with van der Waals surface area (Å²) in [6.07, 6.45) is 1.83. The largest absolute Gasteiger partial charge is 0.464 e. The van der Waals surface area contributed by atoms with Crippen molar-refractivity contribution in [2.45, 2.75) is 59.1 Å². The Morgan fingerprint density at radius 1 is 1.47 bits per heavy atom. The molecule has 1 aromatic heterocycles. The highest BCUT2D eigenvalue weighted by atomic mass is 16.3. The fourth-order valence-corrected chi connectivity index (χ4v) is 2.80. The number of aliphatic hydroxyl groups excluding tert-OH is 1. The van der Waals surface area contributed by atoms with E-state index < -0.39 is 0 Å². The van der Waals surface area contributed by atoms with E-state index in [4.69, 9.17) is 4.42 Å². The molecule has 0 radical (unpaired) electrons. The molecule has 3 unspecified atom stereocenters. The molecule has 0 bridgehead atoms. The summed E-state index contributed by atoms with van der Waals surface area (Å²) in [6, 6.07) is 4.20. The van der Waals surface area contributed by atoms with Gasteiger partial charge in [0.25, 0.3) is 0 Å². The summed E-state index contributed by atoms with van der Waals surface area (Å²) in [5, 5.41) is 12.9. The van der Waals surface area contributed by atoms with Crippen molar-refractivity contribution >= 4 is 0 Å². The van der Waals surface area contributed by atoms with Crippen molar-refractivity contribution in [3.63, 3.8) is 0 Å². The van der Waals surface area contributed by atoms with Crippen LogP contribution >= 0.6 is 0 Å². The summed E-state index contributed by atoms with van der Waals surface area (Å²) in [5.74, 6) is 3.60. The summed E-state index contributed by atoms with van der Waals surface area (Å²) in [5.41, 5.74) is 0.106. The van der Waals surface area contributed by atoms with E-state index in [9.17, 15) is 5.11 Å². The van der Waals surface area contributed by atoms with Crippen LogP contribution in [0.4, 0.5) is 0 Å². The molecular weight excluding hydrogens is 238 g/mol. The summed E-state index contributed by atoms with van der Waals surface area (Å²) >= 11 is 0. The molecule has 1 heterocycles. The van der Waals surface area contributed by atoms with Gasteiger partial charge in [-0.25, -0.2) is 0 Å². The lowest BCUT2D eigenvalue weighted by atomic mass is 9.87. The predicted octanol–water partition coefficient (Wildman–Crippen LogP) is 3.29. The third kappa shape index (κ3) is 4.36. The Labute approximate surface area is 116 Å². The smallest absolute Gasteiger partial charge is 0.117 e. The third-order valence-corrected chi connectivity index (χ3v) is 3.91. The van der Waals surface area contributed by atoms with Gasteiger partial charge in [0.2, 0.25) is 0 Å². The topological polar surface area (TPSA) is 45.4 Å². The average molecular weight is 265 g/mol. The van der Waals surface area contributed by atoms with Gasteiger partial charge in [0.1, 0.15) is 11.5 Å². The lowest BCUT2D eigenvalue weighted by Crippen LogP contribution is -2.31. The highest BCUT2D eigenvalue weighted by Crippen LogP contribution is 2.47. The standard InChI is InChI=1S/C16H27NO2/c1-11-7-14(11)15-6-5-13(19-15)9-17-10-16(3,4)8-12(2)18/h5-6,11-12,14,17-18H,7-10H2,1-4H3. The first-order chi connectivity index (χ1) is 8.87. The second-order valence-electron chi connectivity index (χ2n) is 6.94. The second-order valence-corrected chi connectivity index (χ2v) is 6.94. The third-order valence-electron chi connectivity index (χ3n) is 3.91. The van der Waals surface area contributed by atoms with E-state index in [0.29, 0.717) is 5.92 Å². The fourth-order valence-electron chi connectivity index (χ4n) is 2.80. The van der Waals surface area contributed by atoms with Crippen molar-refractivity contribution in [1.29, 1.82) is 0 Å². The van der Waals surface area contributed by atoms with Crippen molar-refractivity contribution in [3.05, 3.63) is 23.7 Å².